The lowest BCUT2D eigenvalue weighted by atomic mass is 9.64. The number of nitrogens with zero attached hydrogens (tertiary/aromatic N) is 1. The zero-order chi connectivity index (χ0) is 42.5. The van der Waals surface area contributed by atoms with Crippen LogP contribution in [0.1, 0.15) is 115 Å². The quantitative estimate of drug-likeness (QED) is 0.109. The van der Waals surface area contributed by atoms with E-state index in [4.69, 9.17) is 9.47 Å². The Labute approximate surface area is 345 Å². The number of methoxy groups -OCH3 is 2. The van der Waals surface area contributed by atoms with Crippen LogP contribution in [0.3, 0.4) is 0 Å². The van der Waals surface area contributed by atoms with Gasteiger partial charge >= 0.3 is 12.2 Å². The Bertz CT molecular complexity index is 2160. The van der Waals surface area contributed by atoms with Crippen LogP contribution in [0.5, 0.6) is 11.5 Å². The third-order valence-corrected chi connectivity index (χ3v) is 12.6. The first-order valence-corrected chi connectivity index (χ1v) is 20.3. The molecule has 2 amide bonds. The van der Waals surface area contributed by atoms with Crippen molar-refractivity contribution in [3.8, 4) is 11.5 Å². The summed E-state index contributed by atoms with van der Waals surface area (Å²) in [6.45, 7) is 5.97. The molecule has 0 saturated heterocycles. The molecule has 0 aliphatic heterocycles. The summed E-state index contributed by atoms with van der Waals surface area (Å²) in [5.74, 6) is 0.118. The normalized spacial score (nSPS) is 22.7. The standard InChI is InChI=1S/C48H55F3N2O6/c1-31-11-10-23-46(3)42(40-21-17-33(25-38(54)19-16-31)26-41(40)44(55)35-14-9-15-37(27-35)48(49,50)51)22-24-47(46,57)30-53(29-36-18-20-39(58-4)28-43(36)59-5)45(56)52-32(2)34-12-7-6-8-13-34/h6-9,11-15,17-18,20-21,26-28,32,38,42,54,57H,10,16,19,22-25,29-30H2,1-5H3,(H,52,56). The SMILES string of the molecule is COc1ccc(CN(CC2(O)CCC3c4ccc(cc4C(=O)c4cccc(C(F)(F)F)c4)CC(O)CCC(C)=CCCC32C)C(=O)NC(C)c2ccccc2)c(OC)c1. The van der Waals surface area contributed by atoms with Gasteiger partial charge in [0.05, 0.1) is 50.6 Å². The van der Waals surface area contributed by atoms with E-state index in [0.29, 0.717) is 60.3 Å². The third kappa shape index (κ3) is 9.68. The van der Waals surface area contributed by atoms with E-state index in [1.807, 2.05) is 69.3 Å². The first-order chi connectivity index (χ1) is 28.0. The highest BCUT2D eigenvalue weighted by Crippen LogP contribution is 2.59. The van der Waals surface area contributed by atoms with Gasteiger partial charge < -0.3 is 29.9 Å². The second-order valence-electron chi connectivity index (χ2n) is 16.5. The highest BCUT2D eigenvalue weighted by Gasteiger charge is 2.58. The second kappa shape index (κ2) is 18.0. The molecule has 2 bridgehead atoms. The molecule has 8 nitrogen and oxygen atoms in total. The Morgan fingerprint density at radius 3 is 2.42 bits per heavy atom. The van der Waals surface area contributed by atoms with Gasteiger partial charge in [0.15, 0.2) is 5.78 Å². The van der Waals surface area contributed by atoms with Crippen LogP contribution in [0.2, 0.25) is 0 Å². The molecule has 4 aromatic carbocycles. The van der Waals surface area contributed by atoms with Crippen molar-refractivity contribution >= 4 is 11.8 Å². The fourth-order valence-corrected chi connectivity index (χ4v) is 8.99. The number of amides is 2. The average Bonchev–Trinajstić information content (AvgIpc) is 3.47. The van der Waals surface area contributed by atoms with Gasteiger partial charge in [0.2, 0.25) is 0 Å². The summed E-state index contributed by atoms with van der Waals surface area (Å²) in [5.41, 5.74) is 0.854. The summed E-state index contributed by atoms with van der Waals surface area (Å²) in [4.78, 5) is 30.6. The monoisotopic (exact) mass is 812 g/mol. The number of alkyl halides is 3. The van der Waals surface area contributed by atoms with Crippen molar-refractivity contribution in [2.45, 2.75) is 102 Å². The third-order valence-electron chi connectivity index (χ3n) is 12.6. The van der Waals surface area contributed by atoms with Gasteiger partial charge in [0.25, 0.3) is 0 Å². The molecular weight excluding hydrogens is 758 g/mol. The number of ketones is 1. The van der Waals surface area contributed by atoms with E-state index >= 15 is 0 Å². The maximum Gasteiger partial charge on any atom is 0.416 e. The predicted octanol–water partition coefficient (Wildman–Crippen LogP) is 9.97. The number of allylic oxidation sites excluding steroid dienone is 2. The van der Waals surface area contributed by atoms with Crippen molar-refractivity contribution in [3.63, 3.8) is 0 Å². The van der Waals surface area contributed by atoms with Crippen LogP contribution in [0.4, 0.5) is 18.0 Å². The van der Waals surface area contributed by atoms with Gasteiger partial charge in [-0.25, -0.2) is 4.79 Å². The maximum absolute atomic E-state index is 14.5. The summed E-state index contributed by atoms with van der Waals surface area (Å²) >= 11 is 0. The Kier molecular flexibility index (Phi) is 13.3. The van der Waals surface area contributed by atoms with E-state index in [0.717, 1.165) is 23.3 Å². The number of aliphatic hydroxyl groups is 2. The number of halogens is 3. The lowest BCUT2D eigenvalue weighted by Gasteiger charge is -2.46. The molecule has 0 aromatic heterocycles. The van der Waals surface area contributed by atoms with Crippen LogP contribution in [0.15, 0.2) is 103 Å². The van der Waals surface area contributed by atoms with E-state index in [2.05, 4.69) is 11.4 Å². The first kappa shape index (κ1) is 43.4. The molecule has 5 unspecified atom stereocenters. The van der Waals surface area contributed by atoms with Crippen LogP contribution in [-0.4, -0.2) is 59.4 Å². The van der Waals surface area contributed by atoms with Crippen molar-refractivity contribution in [3.05, 3.63) is 142 Å². The average molecular weight is 813 g/mol. The first-order valence-electron chi connectivity index (χ1n) is 20.3. The minimum atomic E-state index is -4.64. The molecule has 1 fully saturated rings. The summed E-state index contributed by atoms with van der Waals surface area (Å²) in [5, 5.41) is 27.3. The Morgan fingerprint density at radius 2 is 1.71 bits per heavy atom. The second-order valence-corrected chi connectivity index (χ2v) is 16.5. The molecule has 11 heteroatoms. The number of urea groups is 1. The zero-order valence-electron chi connectivity index (χ0n) is 34.4. The van der Waals surface area contributed by atoms with E-state index in [1.165, 1.54) is 12.1 Å². The minimum Gasteiger partial charge on any atom is -0.497 e. The zero-order valence-corrected chi connectivity index (χ0v) is 34.4. The number of ether oxygens (including phenoxy) is 2. The Balaban J connectivity index is 1.44. The summed E-state index contributed by atoms with van der Waals surface area (Å²) in [7, 11) is 3.11. The van der Waals surface area contributed by atoms with Gasteiger partial charge in [-0.1, -0.05) is 73.2 Å². The molecule has 3 N–H and O–H groups in total. The molecule has 7 rings (SSSR count). The lowest BCUT2D eigenvalue weighted by molar-refractivity contribution is -0.137. The number of hydrogen-bond acceptors (Lipinski definition) is 6. The van der Waals surface area contributed by atoms with E-state index < -0.39 is 40.6 Å². The number of carbonyl (C=O) groups is 2. The molecule has 3 aliphatic rings. The Morgan fingerprint density at radius 1 is 0.949 bits per heavy atom. The van der Waals surface area contributed by atoms with Gasteiger partial charge in [-0.05, 0) is 112 Å². The van der Waals surface area contributed by atoms with Gasteiger partial charge in [-0.2, -0.15) is 13.2 Å². The molecule has 0 heterocycles. The van der Waals surface area contributed by atoms with Crippen LogP contribution in [0, 0.1) is 5.41 Å². The molecule has 4 aromatic rings. The van der Waals surface area contributed by atoms with Gasteiger partial charge in [0, 0.05) is 28.2 Å². The van der Waals surface area contributed by atoms with Gasteiger partial charge in [0.1, 0.15) is 11.5 Å². The van der Waals surface area contributed by atoms with E-state index in [-0.39, 0.29) is 49.1 Å². The fraction of sp³-hybridized carbons (Fsp3) is 0.417. The van der Waals surface area contributed by atoms with Crippen LogP contribution >= 0.6 is 0 Å². The number of nitrogens with one attached hydrogen (secondary N) is 1. The molecular formula is C48H55F3N2O6. The molecule has 0 radical (unpaired) electrons. The lowest BCUT2D eigenvalue weighted by Crippen LogP contribution is -2.55. The number of aliphatic hydroxyl groups excluding tert-OH is 1. The molecule has 3 aliphatic carbocycles. The smallest absolute Gasteiger partial charge is 0.416 e. The topological polar surface area (TPSA) is 108 Å². The summed E-state index contributed by atoms with van der Waals surface area (Å²) in [6.07, 6.45) is 0.00258. The molecule has 59 heavy (non-hydrogen) atoms. The van der Waals surface area contributed by atoms with Crippen molar-refractivity contribution in [2.75, 3.05) is 20.8 Å². The van der Waals surface area contributed by atoms with Crippen molar-refractivity contribution in [2.24, 2.45) is 5.41 Å². The number of fused-ring (bicyclic) bond motifs is 8. The number of rotatable bonds is 10. The highest BCUT2D eigenvalue weighted by molar-refractivity contribution is 6.10. The number of benzene rings is 4. The minimum absolute atomic E-state index is 0.0631. The molecule has 5 atom stereocenters. The van der Waals surface area contributed by atoms with Crippen LogP contribution < -0.4 is 14.8 Å². The van der Waals surface area contributed by atoms with E-state index in [9.17, 15) is 33.0 Å². The molecule has 1 saturated carbocycles. The van der Waals surface area contributed by atoms with Crippen LogP contribution in [0.25, 0.3) is 0 Å². The molecule has 0 spiro atoms. The van der Waals surface area contributed by atoms with Gasteiger partial charge in [-0.15, -0.1) is 0 Å². The van der Waals surface area contributed by atoms with Crippen molar-refractivity contribution < 1.29 is 42.4 Å². The largest absolute Gasteiger partial charge is 0.497 e. The van der Waals surface area contributed by atoms with E-state index in [1.54, 1.807) is 37.3 Å². The predicted molar refractivity (Wildman–Crippen MR) is 222 cm³/mol. The summed E-state index contributed by atoms with van der Waals surface area (Å²) < 4.78 is 52.7. The highest BCUT2D eigenvalue weighted by atomic mass is 19.4. The Hall–Kier alpha value is -5.13. The van der Waals surface area contributed by atoms with Gasteiger partial charge in [-0.3, -0.25) is 4.79 Å². The summed E-state index contributed by atoms with van der Waals surface area (Å²) in [6, 6.07) is 24.1. The number of hydrogen-bond donors (Lipinski definition) is 3. The van der Waals surface area contributed by atoms with Crippen molar-refractivity contribution in [1.82, 2.24) is 10.2 Å². The number of carbonyl (C=O) groups excluding carboxylic acids is 2. The van der Waals surface area contributed by atoms with Crippen molar-refractivity contribution in [1.29, 1.82) is 0 Å². The maximum atomic E-state index is 14.5. The fourth-order valence-electron chi connectivity index (χ4n) is 8.99. The molecule has 314 valence electrons. The van der Waals surface area contributed by atoms with Crippen LogP contribution in [-0.2, 0) is 19.1 Å².